The second-order valence-corrected chi connectivity index (χ2v) is 68.5. The normalized spacial score (nSPS) is 9.71. The summed E-state index contributed by atoms with van der Waals surface area (Å²) in [6.45, 7) is 9.19. The molecule has 11 heteroatoms. The molecule has 0 aliphatic rings. The Bertz CT molecular complexity index is 1390. The topological polar surface area (TPSA) is 0 Å². The molecule has 0 heterocycles. The van der Waals surface area contributed by atoms with E-state index in [-0.39, 0.29) is 15.8 Å². The Morgan fingerprint density at radius 3 is 0.673 bits per heavy atom. The molecule has 0 amide bonds. The van der Waals surface area contributed by atoms with Gasteiger partial charge in [0.1, 0.15) is 0 Å². The van der Waals surface area contributed by atoms with Gasteiger partial charge >= 0.3 is 60.2 Å². The molecule has 0 saturated carbocycles. The third kappa shape index (κ3) is 28.3. The smallest absolute Gasteiger partial charge is 0.0624 e. The summed E-state index contributed by atoms with van der Waals surface area (Å²) in [6, 6.07) is 50.7. The molecule has 0 unspecified atom stereocenters. The molecule has 0 aromatic heterocycles. The summed E-state index contributed by atoms with van der Waals surface area (Å²) in [5, 5.41) is 3.17. The Morgan fingerprint density at radius 1 is 0.367 bits per heavy atom. The zero-order valence-corrected chi connectivity index (χ0v) is 41.2. The molecule has 0 radical (unpaired) electrons. The predicted octanol–water partition coefficient (Wildman–Crippen LogP) is 12.7. The maximum Gasteiger partial charge on any atom is -0.0624 e. The van der Waals surface area contributed by atoms with Gasteiger partial charge in [0.15, 0.2) is 0 Å². The van der Waals surface area contributed by atoms with E-state index >= 15 is 0 Å². The number of benzene rings is 5. The van der Waals surface area contributed by atoms with Crippen molar-refractivity contribution in [2.45, 2.75) is 42.4 Å². The predicted molar refractivity (Wildman–Crippen MR) is 231 cm³/mol. The second kappa shape index (κ2) is 33.9. The molecule has 0 aliphatic carbocycles. The van der Waals surface area contributed by atoms with Gasteiger partial charge in [0.25, 0.3) is 0 Å². The summed E-state index contributed by atoms with van der Waals surface area (Å²) in [6.07, 6.45) is 5.41. The Morgan fingerprint density at radius 2 is 0.551 bits per heavy atom. The summed E-state index contributed by atoms with van der Waals surface area (Å²) in [4.78, 5) is 2.72. The molecule has 270 valence electrons. The van der Waals surface area contributed by atoms with Gasteiger partial charge in [0, 0.05) is 15.8 Å². The first kappa shape index (κ1) is 49.1. The monoisotopic (exact) mass is 1180 g/mol. The second-order valence-electron chi connectivity index (χ2n) is 9.62. The van der Waals surface area contributed by atoms with Crippen molar-refractivity contribution in [2.24, 2.45) is 0 Å². The first-order valence-electron chi connectivity index (χ1n) is 15.6. The van der Waals surface area contributed by atoms with E-state index in [2.05, 4.69) is 88.4 Å². The van der Waals surface area contributed by atoms with Crippen molar-refractivity contribution in [2.75, 3.05) is 24.6 Å². The van der Waals surface area contributed by atoms with Crippen LogP contribution in [-0.2, 0) is 60.0 Å². The molecule has 0 spiro atoms. The molecule has 0 nitrogen and oxygen atoms in total. The number of rotatable bonds is 6. The van der Waals surface area contributed by atoms with Crippen LogP contribution in [0.4, 0.5) is 0 Å². The van der Waals surface area contributed by atoms with Crippen molar-refractivity contribution in [1.82, 2.24) is 0 Å². The van der Waals surface area contributed by atoms with Crippen LogP contribution in [0, 0.1) is 0 Å². The largest absolute Gasteiger partial charge is 0.780 e. The molecule has 0 saturated heterocycles. The Balaban J connectivity index is 0.000000574. The van der Waals surface area contributed by atoms with Crippen LogP contribution in [0.15, 0.2) is 166 Å². The fourth-order valence-corrected chi connectivity index (χ4v) is 8.36. The van der Waals surface area contributed by atoms with E-state index in [1.807, 2.05) is 91.0 Å². The fraction of sp³-hybridized carbons (Fsp3) is 0.211. The van der Waals surface area contributed by atoms with Crippen molar-refractivity contribution in [1.29, 1.82) is 0 Å². The zero-order chi connectivity index (χ0) is 36.7. The van der Waals surface area contributed by atoms with Gasteiger partial charge in [-0.3, -0.25) is 0 Å². The molecular weight excluding hydrogens is 1130 g/mol. The summed E-state index contributed by atoms with van der Waals surface area (Å²) in [5.41, 5.74) is 0. The van der Waals surface area contributed by atoms with E-state index in [0.717, 1.165) is 14.7 Å². The van der Waals surface area contributed by atoms with Crippen molar-refractivity contribution >= 4 is 102 Å². The van der Waals surface area contributed by atoms with E-state index in [1.54, 1.807) is 10.6 Å². The molecule has 0 bridgehead atoms. The summed E-state index contributed by atoms with van der Waals surface area (Å²) < 4.78 is 0. The van der Waals surface area contributed by atoms with E-state index in [4.69, 9.17) is 76.0 Å². The molecule has 5 rings (SSSR count). The van der Waals surface area contributed by atoms with Gasteiger partial charge in [-0.05, 0) is 52.0 Å². The van der Waals surface area contributed by atoms with E-state index in [9.17, 15) is 0 Å². The third-order valence-electron chi connectivity index (χ3n) is 6.38. The Kier molecular flexibility index (Phi) is 34.0. The van der Waals surface area contributed by atoms with Gasteiger partial charge in [-0.15, -0.1) is 0 Å². The van der Waals surface area contributed by atoms with Crippen molar-refractivity contribution in [3.05, 3.63) is 152 Å². The number of hydrogen-bond acceptors (Lipinski definition) is 3. The molecule has 5 aromatic carbocycles. The molecule has 0 atom stereocenters. The first-order chi connectivity index (χ1) is 23.6. The molecule has 5 aromatic rings. The Labute approximate surface area is 339 Å². The van der Waals surface area contributed by atoms with Crippen LogP contribution in [0.25, 0.3) is 0 Å². The zero-order valence-electron chi connectivity index (χ0n) is 28.3. The van der Waals surface area contributed by atoms with Crippen LogP contribution >= 0.6 is 54.0 Å². The Hall–Kier alpha value is 0.105. The van der Waals surface area contributed by atoms with Gasteiger partial charge in [-0.25, -0.2) is 0 Å². The van der Waals surface area contributed by atoms with Gasteiger partial charge in [-0.1, -0.05) is 127 Å². The van der Waals surface area contributed by atoms with Crippen LogP contribution in [-0.4, -0.2) is 24.6 Å². The minimum absolute atomic E-state index is 0.201. The fourth-order valence-electron chi connectivity index (χ4n) is 3.93. The van der Waals surface area contributed by atoms with Crippen molar-refractivity contribution in [3.63, 3.8) is 0 Å². The molecule has 49 heavy (non-hydrogen) atoms. The molecule has 0 N–H and O–H groups in total. The number of halogens is 4. The molecular formula is C38H47Cl4P2Re2S3-. The SMILES string of the molecule is CC[PH+](CC)c1ccccc1.CC[PH+](CC)c1ccccc1.[Cl][Re]([Cl])#[Re]([Cl])[Cl].[S-]c1ccccc1.[S-]c1ccccc1.[S-]c1ccccc1. The van der Waals surface area contributed by atoms with Crippen LogP contribution in [0.1, 0.15) is 27.7 Å². The van der Waals surface area contributed by atoms with E-state index in [0.29, 0.717) is 0 Å². The molecule has 0 fully saturated rings. The van der Waals surface area contributed by atoms with E-state index < -0.39 is 22.1 Å². The standard InChI is InChI=1S/2C10H15P.3C6H6S.4ClH.2Re/c2*1-3-11(4-2)10-8-6-5-7-9-10;3*7-6-4-2-1-3-5-6;;;;;;/h2*5-9H,3-4H2,1-2H3;3*1-5,7H;4*1H;;/q;;;;;;;;;2*+2/p-5. The summed E-state index contributed by atoms with van der Waals surface area (Å²) in [5.74, 6) is 0. The average Bonchev–Trinajstić information content (AvgIpc) is 3.13. The molecule has 0 aliphatic heterocycles. The van der Waals surface area contributed by atoms with Crippen LogP contribution in [0.3, 0.4) is 0 Å². The maximum absolute atomic E-state index is 5.38. The minimum Gasteiger partial charge on any atom is -0.780 e. The third-order valence-corrected chi connectivity index (χ3v) is 62.1. The summed E-state index contributed by atoms with van der Waals surface area (Å²) >= 11 is 10.5. The van der Waals surface area contributed by atoms with Gasteiger partial charge in [0.2, 0.25) is 0 Å². The van der Waals surface area contributed by atoms with Crippen LogP contribution < -0.4 is 10.6 Å². The minimum atomic E-state index is -1.95. The number of hydrogen-bond donors (Lipinski definition) is 0. The first-order valence-corrected chi connectivity index (χ1v) is 43.6. The van der Waals surface area contributed by atoms with Crippen LogP contribution in [0.5, 0.6) is 0 Å². The van der Waals surface area contributed by atoms with Gasteiger partial charge < -0.3 is 37.9 Å². The van der Waals surface area contributed by atoms with Gasteiger partial charge in [0.05, 0.1) is 35.3 Å². The van der Waals surface area contributed by atoms with Crippen molar-refractivity contribution < 1.29 is 22.1 Å². The van der Waals surface area contributed by atoms with Crippen LogP contribution in [0.2, 0.25) is 0 Å². The van der Waals surface area contributed by atoms with E-state index in [1.165, 1.54) is 24.6 Å². The average molecular weight is 1180 g/mol. The van der Waals surface area contributed by atoms with Gasteiger partial charge in [-0.2, -0.15) is 14.7 Å². The maximum atomic E-state index is 5.38. The van der Waals surface area contributed by atoms with Crippen molar-refractivity contribution in [3.8, 4) is 0 Å². The quantitative estimate of drug-likeness (QED) is 0.123. The summed E-state index contributed by atoms with van der Waals surface area (Å²) in [7, 11) is 21.1.